The van der Waals surface area contributed by atoms with E-state index in [1.807, 2.05) is 0 Å². The van der Waals surface area contributed by atoms with Gasteiger partial charge in [0.2, 0.25) is 11.9 Å². The van der Waals surface area contributed by atoms with Crippen molar-refractivity contribution in [2.24, 2.45) is 0 Å². The maximum atomic E-state index is 14.5. The number of halogens is 4. The minimum atomic E-state index is -4.63. The van der Waals surface area contributed by atoms with Crippen LogP contribution in [0.15, 0.2) is 24.2 Å². The van der Waals surface area contributed by atoms with Crippen LogP contribution in [0.4, 0.5) is 35.1 Å². The number of nitrogens with one attached hydrogen (secondary N) is 2. The molecule has 1 aliphatic rings. The van der Waals surface area contributed by atoms with Gasteiger partial charge in [0.15, 0.2) is 5.82 Å². The first-order chi connectivity index (χ1) is 14.4. The lowest BCUT2D eigenvalue weighted by Crippen LogP contribution is -2.30. The molecule has 2 aromatic heterocycles. The molecule has 2 aromatic rings. The molecule has 168 valence electrons. The van der Waals surface area contributed by atoms with Crippen LogP contribution in [-0.4, -0.2) is 48.4 Å². The Labute approximate surface area is 175 Å². The summed E-state index contributed by atoms with van der Waals surface area (Å²) in [5, 5.41) is 25.2. The van der Waals surface area contributed by atoms with Crippen molar-refractivity contribution in [1.82, 2.24) is 19.9 Å². The Kier molecular flexibility index (Phi) is 6.41. The summed E-state index contributed by atoms with van der Waals surface area (Å²) in [5.41, 5.74) is -2.10. The lowest BCUT2D eigenvalue weighted by molar-refractivity contribution is -0.141. The molecule has 0 amide bonds. The van der Waals surface area contributed by atoms with Crippen LogP contribution < -0.4 is 10.6 Å². The minimum absolute atomic E-state index is 0.0138. The standard InChI is InChI=1S/C19H22F4N6O2/c1-18(2,31)9-25-16-27-15(11-4-3-5-12(30)14(11)20)28-17(29-16)26-10-6-7-24-13(8-10)19(21,22)23/h6-8,12,30-31H,3-5,9H2,1-2H3,(H2,24,25,26,27,28,29). The van der Waals surface area contributed by atoms with E-state index in [1.165, 1.54) is 6.07 Å². The van der Waals surface area contributed by atoms with Crippen LogP contribution in [0.1, 0.15) is 44.6 Å². The highest BCUT2D eigenvalue weighted by molar-refractivity contribution is 5.66. The fourth-order valence-electron chi connectivity index (χ4n) is 2.87. The van der Waals surface area contributed by atoms with Gasteiger partial charge in [-0.1, -0.05) is 0 Å². The Morgan fingerprint density at radius 3 is 2.55 bits per heavy atom. The molecule has 0 aromatic carbocycles. The van der Waals surface area contributed by atoms with E-state index < -0.39 is 29.4 Å². The highest BCUT2D eigenvalue weighted by atomic mass is 19.4. The zero-order valence-electron chi connectivity index (χ0n) is 16.8. The van der Waals surface area contributed by atoms with Crippen molar-refractivity contribution in [1.29, 1.82) is 0 Å². The van der Waals surface area contributed by atoms with E-state index >= 15 is 0 Å². The summed E-state index contributed by atoms with van der Waals surface area (Å²) < 4.78 is 53.3. The average Bonchev–Trinajstić information content (AvgIpc) is 2.67. The normalized spacial score (nSPS) is 17.6. The molecule has 1 unspecified atom stereocenters. The van der Waals surface area contributed by atoms with E-state index in [0.717, 1.165) is 12.3 Å². The van der Waals surface area contributed by atoms with E-state index in [2.05, 4.69) is 30.6 Å². The lowest BCUT2D eigenvalue weighted by Gasteiger charge is -2.21. The van der Waals surface area contributed by atoms with E-state index in [-0.39, 0.29) is 48.4 Å². The van der Waals surface area contributed by atoms with E-state index in [4.69, 9.17) is 0 Å². The van der Waals surface area contributed by atoms with Gasteiger partial charge in [0.1, 0.15) is 17.6 Å². The molecule has 0 fully saturated rings. The maximum absolute atomic E-state index is 14.5. The predicted octanol–water partition coefficient (Wildman–Crippen LogP) is 3.44. The molecule has 31 heavy (non-hydrogen) atoms. The van der Waals surface area contributed by atoms with Crippen molar-refractivity contribution in [3.8, 4) is 0 Å². The van der Waals surface area contributed by atoms with Crippen molar-refractivity contribution in [2.75, 3.05) is 17.2 Å². The third-order valence-electron chi connectivity index (χ3n) is 4.38. The summed E-state index contributed by atoms with van der Waals surface area (Å²) in [5.74, 6) is -0.958. The summed E-state index contributed by atoms with van der Waals surface area (Å²) in [6, 6.07) is 2.09. The smallest absolute Gasteiger partial charge is 0.389 e. The number of aliphatic hydroxyl groups is 2. The monoisotopic (exact) mass is 442 g/mol. The SMILES string of the molecule is CC(C)(O)CNc1nc(Nc2ccnc(C(F)(F)F)c2)nc(C2=C(F)C(O)CCC2)n1. The second kappa shape index (κ2) is 8.71. The summed E-state index contributed by atoms with van der Waals surface area (Å²) in [7, 11) is 0. The molecular formula is C19H22F4N6O2. The van der Waals surface area contributed by atoms with Gasteiger partial charge in [0.25, 0.3) is 0 Å². The Balaban J connectivity index is 1.98. The fraction of sp³-hybridized carbons (Fsp3) is 0.474. The largest absolute Gasteiger partial charge is 0.433 e. The van der Waals surface area contributed by atoms with E-state index in [0.29, 0.717) is 6.42 Å². The Hall–Kier alpha value is -2.86. The van der Waals surface area contributed by atoms with Gasteiger partial charge in [-0.05, 0) is 45.2 Å². The second-order valence-corrected chi connectivity index (χ2v) is 7.76. The van der Waals surface area contributed by atoms with E-state index in [9.17, 15) is 27.8 Å². The minimum Gasteiger partial charge on any atom is -0.389 e. The number of aliphatic hydroxyl groups excluding tert-OH is 1. The fourth-order valence-corrected chi connectivity index (χ4v) is 2.87. The van der Waals surface area contributed by atoms with Gasteiger partial charge in [-0.3, -0.25) is 4.98 Å². The molecule has 12 heteroatoms. The van der Waals surface area contributed by atoms with Gasteiger partial charge in [-0.25, -0.2) is 4.39 Å². The van der Waals surface area contributed by atoms with Gasteiger partial charge < -0.3 is 20.8 Å². The number of hydrogen-bond acceptors (Lipinski definition) is 8. The Morgan fingerprint density at radius 1 is 1.16 bits per heavy atom. The molecule has 4 N–H and O–H groups in total. The van der Waals surface area contributed by atoms with Gasteiger partial charge in [-0.15, -0.1) is 0 Å². The van der Waals surface area contributed by atoms with Gasteiger partial charge in [0.05, 0.1) is 5.60 Å². The molecule has 8 nitrogen and oxygen atoms in total. The summed E-state index contributed by atoms with van der Waals surface area (Å²) in [6.07, 6.45) is -3.84. The van der Waals surface area contributed by atoms with Crippen molar-refractivity contribution in [3.05, 3.63) is 35.7 Å². The second-order valence-electron chi connectivity index (χ2n) is 7.76. The van der Waals surface area contributed by atoms with Gasteiger partial charge in [0, 0.05) is 24.0 Å². The highest BCUT2D eigenvalue weighted by Crippen LogP contribution is 2.33. The molecular weight excluding hydrogens is 420 g/mol. The van der Waals surface area contributed by atoms with Crippen LogP contribution in [0.25, 0.3) is 5.57 Å². The molecule has 0 bridgehead atoms. The first kappa shape index (κ1) is 22.8. The Bertz CT molecular complexity index is 975. The summed E-state index contributed by atoms with van der Waals surface area (Å²) in [4.78, 5) is 15.7. The van der Waals surface area contributed by atoms with Crippen molar-refractivity contribution in [3.63, 3.8) is 0 Å². The van der Waals surface area contributed by atoms with Crippen LogP contribution in [0.2, 0.25) is 0 Å². The molecule has 1 atom stereocenters. The first-order valence-corrected chi connectivity index (χ1v) is 9.52. The van der Waals surface area contributed by atoms with Crippen LogP contribution in [0.3, 0.4) is 0 Å². The van der Waals surface area contributed by atoms with Crippen molar-refractivity contribution >= 4 is 23.2 Å². The summed E-state index contributed by atoms with van der Waals surface area (Å²) >= 11 is 0. The highest BCUT2D eigenvalue weighted by Gasteiger charge is 2.32. The number of aromatic nitrogens is 4. The van der Waals surface area contributed by atoms with E-state index in [1.54, 1.807) is 13.8 Å². The number of nitrogens with zero attached hydrogens (tertiary/aromatic N) is 4. The van der Waals surface area contributed by atoms with Gasteiger partial charge >= 0.3 is 6.18 Å². The zero-order valence-corrected chi connectivity index (χ0v) is 16.8. The molecule has 0 saturated carbocycles. The van der Waals surface area contributed by atoms with Crippen LogP contribution in [0, 0.1) is 0 Å². The number of allylic oxidation sites excluding steroid dienone is 1. The molecule has 0 saturated heterocycles. The van der Waals surface area contributed by atoms with Crippen molar-refractivity contribution < 1.29 is 27.8 Å². The average molecular weight is 442 g/mol. The lowest BCUT2D eigenvalue weighted by atomic mass is 9.96. The molecule has 1 aliphatic carbocycles. The first-order valence-electron chi connectivity index (χ1n) is 9.52. The number of rotatable bonds is 6. The number of pyridine rings is 1. The predicted molar refractivity (Wildman–Crippen MR) is 105 cm³/mol. The van der Waals surface area contributed by atoms with Gasteiger partial charge in [-0.2, -0.15) is 28.1 Å². The number of anilines is 3. The Morgan fingerprint density at radius 2 is 1.87 bits per heavy atom. The molecule has 0 aliphatic heterocycles. The molecule has 0 spiro atoms. The van der Waals surface area contributed by atoms with Crippen LogP contribution in [-0.2, 0) is 6.18 Å². The molecule has 2 heterocycles. The molecule has 3 rings (SSSR count). The quantitative estimate of drug-likeness (QED) is 0.503. The molecule has 0 radical (unpaired) electrons. The van der Waals surface area contributed by atoms with Crippen molar-refractivity contribution in [2.45, 2.75) is 51.0 Å². The number of alkyl halides is 3. The van der Waals surface area contributed by atoms with Crippen LogP contribution >= 0.6 is 0 Å². The maximum Gasteiger partial charge on any atom is 0.433 e. The topological polar surface area (TPSA) is 116 Å². The third kappa shape index (κ3) is 6.07. The third-order valence-corrected chi connectivity index (χ3v) is 4.38. The zero-order chi connectivity index (χ0) is 22.8. The summed E-state index contributed by atoms with van der Waals surface area (Å²) in [6.45, 7) is 3.15. The number of hydrogen-bond donors (Lipinski definition) is 4. The van der Waals surface area contributed by atoms with Crippen LogP contribution in [0.5, 0.6) is 0 Å².